The topological polar surface area (TPSA) is 73.1 Å². The molecule has 3 heterocycles. The third kappa shape index (κ3) is 2.79. The summed E-state index contributed by atoms with van der Waals surface area (Å²) < 4.78 is 14.9. The lowest BCUT2D eigenvalue weighted by molar-refractivity contribution is -0.171. The van der Waals surface area contributed by atoms with Crippen LogP contribution in [-0.2, 0) is 9.63 Å². The van der Waals surface area contributed by atoms with E-state index in [0.29, 0.717) is 31.7 Å². The number of aromatic nitrogens is 4. The molecule has 1 aliphatic heterocycles. The largest absolute Gasteiger partial charge is 0.371 e. The van der Waals surface area contributed by atoms with Gasteiger partial charge in [-0.2, -0.15) is 4.39 Å². The van der Waals surface area contributed by atoms with Crippen molar-refractivity contribution in [3.63, 3.8) is 0 Å². The molecule has 21 heavy (non-hydrogen) atoms. The van der Waals surface area contributed by atoms with Crippen LogP contribution in [0, 0.1) is 5.95 Å². The zero-order valence-electron chi connectivity index (χ0n) is 11.0. The van der Waals surface area contributed by atoms with Crippen molar-refractivity contribution in [2.45, 2.75) is 6.42 Å². The van der Waals surface area contributed by atoms with Crippen molar-refractivity contribution in [2.24, 2.45) is 0 Å². The molecule has 0 unspecified atom stereocenters. The molecule has 2 aromatic heterocycles. The van der Waals surface area contributed by atoms with Crippen LogP contribution in [0.2, 0.25) is 0 Å². The summed E-state index contributed by atoms with van der Waals surface area (Å²) in [5, 5.41) is 9.52. The molecule has 0 aliphatic carbocycles. The summed E-state index contributed by atoms with van der Waals surface area (Å²) in [4.78, 5) is 18.6. The highest BCUT2D eigenvalue weighted by atomic mass is 19.1. The molecule has 0 spiro atoms. The highest BCUT2D eigenvalue weighted by molar-refractivity contribution is 5.63. The molecule has 0 aromatic carbocycles. The average Bonchev–Trinajstić information content (AvgIpc) is 2.98. The first-order valence-corrected chi connectivity index (χ1v) is 6.36. The molecule has 0 saturated carbocycles. The van der Waals surface area contributed by atoms with Gasteiger partial charge >= 0.3 is 6.47 Å². The molecule has 7 nitrogen and oxygen atoms in total. The van der Waals surface area contributed by atoms with Crippen LogP contribution in [0.3, 0.4) is 0 Å². The van der Waals surface area contributed by atoms with E-state index in [4.69, 9.17) is 4.84 Å². The second-order valence-corrected chi connectivity index (χ2v) is 4.43. The third-order valence-corrected chi connectivity index (χ3v) is 3.17. The first-order chi connectivity index (χ1) is 10.3. The van der Waals surface area contributed by atoms with Gasteiger partial charge in [-0.05, 0) is 24.1 Å². The quantitative estimate of drug-likeness (QED) is 0.617. The Labute approximate surface area is 119 Å². The van der Waals surface area contributed by atoms with Gasteiger partial charge in [0.2, 0.25) is 5.95 Å². The second-order valence-electron chi connectivity index (χ2n) is 4.43. The maximum Gasteiger partial charge on any atom is 0.313 e. The molecule has 0 N–H and O–H groups in total. The van der Waals surface area contributed by atoms with E-state index in [1.54, 1.807) is 23.4 Å². The van der Waals surface area contributed by atoms with Crippen LogP contribution >= 0.6 is 0 Å². The lowest BCUT2D eigenvalue weighted by atomic mass is 10.1. The Kier molecular flexibility index (Phi) is 3.69. The number of hydrogen-bond donors (Lipinski definition) is 0. The molecule has 0 bridgehead atoms. The average molecular weight is 289 g/mol. The molecule has 0 atom stereocenters. The Bertz CT molecular complexity index is 685. The number of nitrogens with zero attached hydrogens (tertiary/aromatic N) is 5. The van der Waals surface area contributed by atoms with Crippen LogP contribution in [0.15, 0.2) is 30.6 Å². The molecular formula is C13H12FN5O2. The zero-order valence-corrected chi connectivity index (χ0v) is 11.0. The standard InChI is InChI=1S/C13H12FN5O2/c14-13-12(2-1-5-15-13)19-8-11(16-17-19)10-3-6-18(7-4-10)21-9-20/h1-3,5,8-9H,4,6-7H2. The Balaban J connectivity index is 1.80. The Morgan fingerprint density at radius 3 is 3.05 bits per heavy atom. The van der Waals surface area contributed by atoms with Gasteiger partial charge in [-0.15, -0.1) is 10.2 Å². The van der Waals surface area contributed by atoms with Gasteiger partial charge in [-0.1, -0.05) is 11.3 Å². The number of carbonyl (C=O) groups is 1. The number of pyridine rings is 1. The first kappa shape index (κ1) is 13.4. The normalized spacial score (nSPS) is 15.6. The molecule has 3 rings (SSSR count). The van der Waals surface area contributed by atoms with Crippen molar-refractivity contribution in [1.82, 2.24) is 25.0 Å². The van der Waals surface area contributed by atoms with Gasteiger partial charge in [-0.25, -0.2) is 9.67 Å². The monoisotopic (exact) mass is 289 g/mol. The third-order valence-electron chi connectivity index (χ3n) is 3.17. The van der Waals surface area contributed by atoms with E-state index in [-0.39, 0.29) is 5.69 Å². The predicted octanol–water partition coefficient (Wildman–Crippen LogP) is 0.978. The summed E-state index contributed by atoms with van der Waals surface area (Å²) in [6, 6.07) is 3.21. The summed E-state index contributed by atoms with van der Waals surface area (Å²) in [6.07, 6.45) is 5.60. The molecule has 0 fully saturated rings. The van der Waals surface area contributed by atoms with Gasteiger partial charge in [-0.3, -0.25) is 4.79 Å². The Hall–Kier alpha value is -2.61. The number of rotatable bonds is 4. The number of carbonyl (C=O) groups excluding carboxylic acids is 1. The fraction of sp³-hybridized carbons (Fsp3) is 0.231. The van der Waals surface area contributed by atoms with E-state index in [9.17, 15) is 9.18 Å². The summed E-state index contributed by atoms with van der Waals surface area (Å²) >= 11 is 0. The van der Waals surface area contributed by atoms with Gasteiger partial charge in [0, 0.05) is 12.7 Å². The molecule has 0 saturated heterocycles. The Morgan fingerprint density at radius 2 is 2.33 bits per heavy atom. The van der Waals surface area contributed by atoms with Crippen LogP contribution in [-0.4, -0.2) is 44.6 Å². The minimum absolute atomic E-state index is 0.249. The summed E-state index contributed by atoms with van der Waals surface area (Å²) in [6.45, 7) is 1.47. The SMILES string of the molecule is O=CON1CC=C(c2cn(-c3cccnc3F)nn2)CC1. The molecular weight excluding hydrogens is 277 g/mol. The Morgan fingerprint density at radius 1 is 1.43 bits per heavy atom. The van der Waals surface area contributed by atoms with Crippen molar-refractivity contribution < 1.29 is 14.0 Å². The highest BCUT2D eigenvalue weighted by Gasteiger charge is 2.17. The first-order valence-electron chi connectivity index (χ1n) is 6.36. The van der Waals surface area contributed by atoms with Gasteiger partial charge in [0.15, 0.2) is 0 Å². The van der Waals surface area contributed by atoms with E-state index in [1.807, 2.05) is 6.08 Å². The summed E-state index contributed by atoms with van der Waals surface area (Å²) in [5.74, 6) is -0.600. The maximum atomic E-state index is 13.6. The summed E-state index contributed by atoms with van der Waals surface area (Å²) in [5.41, 5.74) is 1.90. The molecule has 8 heteroatoms. The van der Waals surface area contributed by atoms with Crippen molar-refractivity contribution in [3.05, 3.63) is 42.2 Å². The van der Waals surface area contributed by atoms with Crippen LogP contribution in [0.5, 0.6) is 0 Å². The van der Waals surface area contributed by atoms with E-state index in [2.05, 4.69) is 15.3 Å². The fourth-order valence-corrected chi connectivity index (χ4v) is 2.12. The number of hydrogen-bond acceptors (Lipinski definition) is 6. The smallest absolute Gasteiger partial charge is 0.313 e. The molecule has 108 valence electrons. The lowest BCUT2D eigenvalue weighted by Crippen LogP contribution is -2.28. The number of halogens is 1. The highest BCUT2D eigenvalue weighted by Crippen LogP contribution is 2.21. The van der Waals surface area contributed by atoms with Crippen molar-refractivity contribution in [1.29, 1.82) is 0 Å². The van der Waals surface area contributed by atoms with E-state index in [1.165, 1.54) is 10.9 Å². The minimum Gasteiger partial charge on any atom is -0.371 e. The lowest BCUT2D eigenvalue weighted by Gasteiger charge is -2.22. The van der Waals surface area contributed by atoms with Gasteiger partial charge in [0.1, 0.15) is 11.4 Å². The van der Waals surface area contributed by atoms with Crippen LogP contribution < -0.4 is 0 Å². The van der Waals surface area contributed by atoms with Gasteiger partial charge in [0.25, 0.3) is 0 Å². The number of hydroxylamine groups is 2. The van der Waals surface area contributed by atoms with Crippen molar-refractivity contribution >= 4 is 12.0 Å². The molecule has 0 radical (unpaired) electrons. The van der Waals surface area contributed by atoms with Crippen LogP contribution in [0.1, 0.15) is 12.1 Å². The van der Waals surface area contributed by atoms with E-state index < -0.39 is 5.95 Å². The van der Waals surface area contributed by atoms with E-state index in [0.717, 1.165) is 5.57 Å². The van der Waals surface area contributed by atoms with Gasteiger partial charge in [0.05, 0.1) is 12.7 Å². The minimum atomic E-state index is -0.600. The van der Waals surface area contributed by atoms with Crippen molar-refractivity contribution in [2.75, 3.05) is 13.1 Å². The fourth-order valence-electron chi connectivity index (χ4n) is 2.12. The van der Waals surface area contributed by atoms with Crippen LogP contribution in [0.25, 0.3) is 11.3 Å². The second kappa shape index (κ2) is 5.80. The van der Waals surface area contributed by atoms with Gasteiger partial charge < -0.3 is 4.84 Å². The molecule has 0 amide bonds. The van der Waals surface area contributed by atoms with Crippen LogP contribution in [0.4, 0.5) is 4.39 Å². The zero-order chi connectivity index (χ0) is 14.7. The predicted molar refractivity (Wildman–Crippen MR) is 70.4 cm³/mol. The molecule has 1 aliphatic rings. The molecule has 2 aromatic rings. The maximum absolute atomic E-state index is 13.6. The van der Waals surface area contributed by atoms with Crippen molar-refractivity contribution in [3.8, 4) is 5.69 Å². The van der Waals surface area contributed by atoms with E-state index >= 15 is 0 Å². The summed E-state index contributed by atoms with van der Waals surface area (Å²) in [7, 11) is 0.